The molecule has 0 bridgehead atoms. The first-order chi connectivity index (χ1) is 18.1. The van der Waals surface area contributed by atoms with Crippen molar-refractivity contribution in [3.8, 4) is 0 Å². The van der Waals surface area contributed by atoms with Crippen LogP contribution in [0.25, 0.3) is 0 Å². The Labute approximate surface area is 227 Å². The molecule has 0 unspecified atom stereocenters. The predicted molar refractivity (Wildman–Crippen MR) is 133 cm³/mol. The van der Waals surface area contributed by atoms with E-state index in [1.165, 1.54) is 27.7 Å². The van der Waals surface area contributed by atoms with Gasteiger partial charge in [-0.3, -0.25) is 19.2 Å². The highest BCUT2D eigenvalue weighted by molar-refractivity contribution is 5.92. The molecule has 4 aliphatic rings. The van der Waals surface area contributed by atoms with E-state index in [-0.39, 0.29) is 24.5 Å². The lowest BCUT2D eigenvalue weighted by Crippen LogP contribution is -2.65. The summed E-state index contributed by atoms with van der Waals surface area (Å²) in [7, 11) is 0. The number of ether oxygens (including phenoxy) is 6. The van der Waals surface area contributed by atoms with Gasteiger partial charge >= 0.3 is 29.8 Å². The SMILES string of the molecule is CC(=O)O[C@@H]1C2=C(C)C(=O)O[C@H]2/C=C(/C)C[C@@H](OC(C)=O)[C@H](OC(C)=O)[C@@]2(C)[C@@H](OC(C)=O)C[C@@H]3O[C@]3(C)[C@H]12. The third kappa shape index (κ3) is 5.08. The maximum Gasteiger partial charge on any atom is 0.334 e. The molecule has 0 N–H and O–H groups in total. The summed E-state index contributed by atoms with van der Waals surface area (Å²) >= 11 is 0. The van der Waals surface area contributed by atoms with E-state index in [9.17, 15) is 24.0 Å². The largest absolute Gasteiger partial charge is 0.462 e. The molecule has 4 rings (SSSR count). The first-order valence-corrected chi connectivity index (χ1v) is 13.0. The Morgan fingerprint density at radius 3 is 2.05 bits per heavy atom. The van der Waals surface area contributed by atoms with E-state index in [2.05, 4.69) is 0 Å². The molecule has 0 aromatic rings. The van der Waals surface area contributed by atoms with Crippen LogP contribution in [0, 0.1) is 11.3 Å². The number of carbonyl (C=O) groups excluding carboxylic acids is 5. The molecule has 0 radical (unpaired) electrons. The zero-order chi connectivity index (χ0) is 29.0. The van der Waals surface area contributed by atoms with E-state index in [0.29, 0.717) is 11.1 Å². The molecule has 0 spiro atoms. The summed E-state index contributed by atoms with van der Waals surface area (Å²) in [4.78, 5) is 62.6. The summed E-state index contributed by atoms with van der Waals surface area (Å²) in [6.45, 7) is 12.0. The second-order valence-electron chi connectivity index (χ2n) is 11.3. The van der Waals surface area contributed by atoms with Gasteiger partial charge in [0.25, 0.3) is 0 Å². The predicted octanol–water partition coefficient (Wildman–Crippen LogP) is 2.49. The van der Waals surface area contributed by atoms with Crippen LogP contribution in [-0.4, -0.2) is 72.1 Å². The van der Waals surface area contributed by atoms with Crippen LogP contribution in [0.5, 0.6) is 0 Å². The van der Waals surface area contributed by atoms with Crippen LogP contribution >= 0.6 is 0 Å². The van der Waals surface area contributed by atoms with Crippen molar-refractivity contribution in [2.75, 3.05) is 0 Å². The van der Waals surface area contributed by atoms with Gasteiger partial charge in [0, 0.05) is 57.6 Å². The lowest BCUT2D eigenvalue weighted by molar-refractivity contribution is -0.219. The molecule has 2 aliphatic heterocycles. The zero-order valence-electron chi connectivity index (χ0n) is 23.5. The fraction of sp³-hybridized carbons (Fsp3) is 0.679. The van der Waals surface area contributed by atoms with Gasteiger partial charge in [0.15, 0.2) is 0 Å². The van der Waals surface area contributed by atoms with Crippen LogP contribution in [0.3, 0.4) is 0 Å². The van der Waals surface area contributed by atoms with Gasteiger partial charge in [0.1, 0.15) is 30.5 Å². The monoisotopic (exact) mass is 548 g/mol. The number of hydrogen-bond donors (Lipinski definition) is 0. The first kappa shape index (κ1) is 28.8. The summed E-state index contributed by atoms with van der Waals surface area (Å²) in [6.07, 6.45) is -3.24. The normalized spacial score (nSPS) is 40.5. The molecule has 9 atom stereocenters. The van der Waals surface area contributed by atoms with Crippen LogP contribution in [0.15, 0.2) is 22.8 Å². The molecular formula is C28H36O11. The van der Waals surface area contributed by atoms with Crippen LogP contribution < -0.4 is 0 Å². The van der Waals surface area contributed by atoms with Crippen LogP contribution in [-0.2, 0) is 52.4 Å². The minimum atomic E-state index is -1.32. The van der Waals surface area contributed by atoms with E-state index in [4.69, 9.17) is 28.4 Å². The standard InChI is InChI=1S/C28H36O11/c1-12-9-18-22(13(2)26(33)38-18)23(36-16(5)31)24-27(7,20(35-15(4)30)11-21-28(24,8)39-21)25(37-17(6)32)19(10-12)34-14(3)29/h9,18-21,23-25H,10-11H2,1-8H3/b12-9-/t18-,19+,20-,21-,23+,24+,25-,27-,28-/m0/s1. The quantitative estimate of drug-likeness (QED) is 0.221. The lowest BCUT2D eigenvalue weighted by atomic mass is 9.54. The Morgan fingerprint density at radius 1 is 0.897 bits per heavy atom. The van der Waals surface area contributed by atoms with Gasteiger partial charge in [-0.05, 0) is 26.8 Å². The number of esters is 5. The highest BCUT2D eigenvalue weighted by atomic mass is 16.6. The summed E-state index contributed by atoms with van der Waals surface area (Å²) in [6, 6.07) is 0. The molecule has 11 nitrogen and oxygen atoms in total. The van der Waals surface area contributed by atoms with Gasteiger partial charge in [0.2, 0.25) is 0 Å². The minimum Gasteiger partial charge on any atom is -0.462 e. The summed E-state index contributed by atoms with van der Waals surface area (Å²) in [5, 5.41) is 0. The minimum absolute atomic E-state index is 0.131. The number of rotatable bonds is 4. The molecule has 0 aromatic carbocycles. The second kappa shape index (κ2) is 10.1. The van der Waals surface area contributed by atoms with Crippen LogP contribution in [0.1, 0.15) is 68.2 Å². The van der Waals surface area contributed by atoms with Crippen molar-refractivity contribution in [1.82, 2.24) is 0 Å². The highest BCUT2D eigenvalue weighted by Gasteiger charge is 2.75. The van der Waals surface area contributed by atoms with Gasteiger partial charge in [-0.1, -0.05) is 12.5 Å². The Bertz CT molecular complexity index is 1170. The van der Waals surface area contributed by atoms with E-state index < -0.39 is 77.3 Å². The Hall–Kier alpha value is -3.21. The summed E-state index contributed by atoms with van der Waals surface area (Å²) < 4.78 is 35.4. The highest BCUT2D eigenvalue weighted by Crippen LogP contribution is 2.64. The molecule has 2 aliphatic carbocycles. The smallest absolute Gasteiger partial charge is 0.334 e. The van der Waals surface area contributed by atoms with Crippen molar-refractivity contribution in [3.05, 3.63) is 22.8 Å². The third-order valence-electron chi connectivity index (χ3n) is 8.40. The summed E-state index contributed by atoms with van der Waals surface area (Å²) in [5.74, 6) is -3.80. The maximum absolute atomic E-state index is 12.8. The lowest BCUT2D eigenvalue weighted by Gasteiger charge is -2.54. The van der Waals surface area contributed by atoms with Crippen molar-refractivity contribution in [2.45, 2.75) is 110 Å². The number of epoxide rings is 1. The Morgan fingerprint density at radius 2 is 1.49 bits per heavy atom. The summed E-state index contributed by atoms with van der Waals surface area (Å²) in [5.41, 5.74) is -0.836. The van der Waals surface area contributed by atoms with Crippen LogP contribution in [0.2, 0.25) is 0 Å². The molecule has 1 saturated heterocycles. The molecule has 11 heteroatoms. The van der Waals surface area contributed by atoms with Gasteiger partial charge in [-0.25, -0.2) is 4.79 Å². The number of hydrogen-bond acceptors (Lipinski definition) is 11. The molecule has 39 heavy (non-hydrogen) atoms. The van der Waals surface area contributed by atoms with Crippen molar-refractivity contribution in [3.63, 3.8) is 0 Å². The molecule has 2 heterocycles. The molecule has 0 aromatic heterocycles. The average molecular weight is 549 g/mol. The van der Waals surface area contributed by atoms with Crippen molar-refractivity contribution < 1.29 is 52.4 Å². The van der Waals surface area contributed by atoms with Crippen molar-refractivity contribution in [1.29, 1.82) is 0 Å². The van der Waals surface area contributed by atoms with E-state index in [1.54, 1.807) is 26.8 Å². The molecule has 0 amide bonds. The molecule has 1 saturated carbocycles. The Kier molecular flexibility index (Phi) is 7.44. The average Bonchev–Trinajstić information content (AvgIpc) is 3.35. The second-order valence-corrected chi connectivity index (χ2v) is 11.3. The zero-order valence-corrected chi connectivity index (χ0v) is 23.5. The van der Waals surface area contributed by atoms with Gasteiger partial charge in [-0.15, -0.1) is 0 Å². The van der Waals surface area contributed by atoms with E-state index >= 15 is 0 Å². The van der Waals surface area contributed by atoms with Crippen molar-refractivity contribution >= 4 is 29.8 Å². The number of carbonyl (C=O) groups is 5. The van der Waals surface area contributed by atoms with Crippen molar-refractivity contribution in [2.24, 2.45) is 11.3 Å². The fourth-order valence-electron chi connectivity index (χ4n) is 6.89. The first-order valence-electron chi connectivity index (χ1n) is 13.0. The van der Waals surface area contributed by atoms with Gasteiger partial charge in [0.05, 0.1) is 17.1 Å². The Balaban J connectivity index is 2.06. The fourth-order valence-corrected chi connectivity index (χ4v) is 6.89. The van der Waals surface area contributed by atoms with Gasteiger partial charge in [-0.2, -0.15) is 0 Å². The van der Waals surface area contributed by atoms with Crippen LogP contribution in [0.4, 0.5) is 0 Å². The third-order valence-corrected chi connectivity index (χ3v) is 8.40. The number of fused-ring (bicyclic) bond motifs is 4. The molecule has 214 valence electrons. The maximum atomic E-state index is 12.8. The topological polar surface area (TPSA) is 144 Å². The van der Waals surface area contributed by atoms with Gasteiger partial charge < -0.3 is 28.4 Å². The van der Waals surface area contributed by atoms with E-state index in [0.717, 1.165) is 0 Å². The van der Waals surface area contributed by atoms with E-state index in [1.807, 2.05) is 6.92 Å². The molecular weight excluding hydrogens is 512 g/mol. The molecule has 2 fully saturated rings.